The number of carbonyl (C=O) groups is 1. The first-order chi connectivity index (χ1) is 11.7. The van der Waals surface area contributed by atoms with E-state index in [0.29, 0.717) is 16.9 Å². The van der Waals surface area contributed by atoms with Gasteiger partial charge in [0, 0.05) is 24.8 Å². The van der Waals surface area contributed by atoms with E-state index in [-0.39, 0.29) is 5.91 Å². The molecule has 1 aromatic heterocycles. The normalized spacial score (nSPS) is 10.0. The Morgan fingerprint density at radius 2 is 1.83 bits per heavy atom. The van der Waals surface area contributed by atoms with Crippen molar-refractivity contribution in [2.24, 2.45) is 0 Å². The van der Waals surface area contributed by atoms with Crippen LogP contribution in [0.15, 0.2) is 36.7 Å². The molecule has 0 radical (unpaired) electrons. The molecule has 1 N–H and O–H groups in total. The number of hydrogen-bond acceptors (Lipinski definition) is 5. The van der Waals surface area contributed by atoms with Gasteiger partial charge in [-0.2, -0.15) is 5.26 Å². The lowest BCUT2D eigenvalue weighted by Crippen LogP contribution is -2.26. The van der Waals surface area contributed by atoms with Gasteiger partial charge in [0.2, 0.25) is 0 Å². The second kappa shape index (κ2) is 8.63. The summed E-state index contributed by atoms with van der Waals surface area (Å²) in [6.45, 7) is 6.01. The number of nitrogens with one attached hydrogen (secondary N) is 1. The Morgan fingerprint density at radius 3 is 2.42 bits per heavy atom. The van der Waals surface area contributed by atoms with E-state index in [1.54, 1.807) is 30.3 Å². The van der Waals surface area contributed by atoms with E-state index in [0.717, 1.165) is 31.7 Å². The minimum atomic E-state index is -0.295. The minimum absolute atomic E-state index is 0.295. The molecule has 0 aliphatic carbocycles. The van der Waals surface area contributed by atoms with Crippen molar-refractivity contribution in [1.29, 1.82) is 5.26 Å². The Kier molecular flexibility index (Phi) is 6.26. The van der Waals surface area contributed by atoms with Crippen molar-refractivity contribution >= 4 is 17.4 Å². The molecule has 124 valence electrons. The van der Waals surface area contributed by atoms with Crippen LogP contribution >= 0.6 is 0 Å². The molecular weight excluding hydrogens is 302 g/mol. The third-order valence-electron chi connectivity index (χ3n) is 3.47. The van der Waals surface area contributed by atoms with Gasteiger partial charge < -0.3 is 10.2 Å². The quantitative estimate of drug-likeness (QED) is 0.846. The van der Waals surface area contributed by atoms with E-state index in [4.69, 9.17) is 5.26 Å². The SMILES string of the molecule is CCCN(CCC)c1cc(C(=O)Nc2ccc(C#N)cc2)ncn1. The van der Waals surface area contributed by atoms with E-state index in [9.17, 15) is 4.79 Å². The number of nitriles is 1. The zero-order valence-corrected chi connectivity index (χ0v) is 14.0. The van der Waals surface area contributed by atoms with Gasteiger partial charge in [0.15, 0.2) is 0 Å². The molecule has 0 saturated heterocycles. The Labute approximate surface area is 142 Å². The van der Waals surface area contributed by atoms with Gasteiger partial charge in [-0.15, -0.1) is 0 Å². The Bertz CT molecular complexity index is 715. The highest BCUT2D eigenvalue weighted by molar-refractivity contribution is 6.03. The molecule has 1 heterocycles. The number of anilines is 2. The van der Waals surface area contributed by atoms with Gasteiger partial charge in [0.25, 0.3) is 5.91 Å². The molecule has 1 amide bonds. The van der Waals surface area contributed by atoms with Crippen LogP contribution in [0.5, 0.6) is 0 Å². The molecule has 6 nitrogen and oxygen atoms in total. The molecule has 1 aromatic carbocycles. The number of carbonyl (C=O) groups excluding carboxylic acids is 1. The Balaban J connectivity index is 2.14. The summed E-state index contributed by atoms with van der Waals surface area (Å²) in [5.74, 6) is 0.468. The molecule has 0 atom stereocenters. The fraction of sp³-hybridized carbons (Fsp3) is 0.333. The van der Waals surface area contributed by atoms with Crippen molar-refractivity contribution in [3.05, 3.63) is 47.9 Å². The van der Waals surface area contributed by atoms with Crippen molar-refractivity contribution in [2.45, 2.75) is 26.7 Å². The number of rotatable bonds is 7. The summed E-state index contributed by atoms with van der Waals surface area (Å²) < 4.78 is 0. The maximum atomic E-state index is 12.4. The third kappa shape index (κ3) is 4.53. The van der Waals surface area contributed by atoms with Crippen LogP contribution in [0.1, 0.15) is 42.7 Å². The summed E-state index contributed by atoms with van der Waals surface area (Å²) in [5, 5.41) is 11.6. The van der Waals surface area contributed by atoms with Crippen molar-refractivity contribution in [3.63, 3.8) is 0 Å². The maximum absolute atomic E-state index is 12.4. The van der Waals surface area contributed by atoms with E-state index >= 15 is 0 Å². The van der Waals surface area contributed by atoms with Gasteiger partial charge in [-0.3, -0.25) is 4.79 Å². The highest BCUT2D eigenvalue weighted by Gasteiger charge is 2.12. The molecule has 0 aliphatic heterocycles. The molecule has 2 rings (SSSR count). The fourth-order valence-electron chi connectivity index (χ4n) is 2.35. The molecular formula is C18H21N5O. The van der Waals surface area contributed by atoms with Crippen LogP contribution in [0.4, 0.5) is 11.5 Å². The average molecular weight is 323 g/mol. The second-order valence-corrected chi connectivity index (χ2v) is 5.39. The average Bonchev–Trinajstić information content (AvgIpc) is 2.62. The van der Waals surface area contributed by atoms with E-state index in [2.05, 4.69) is 34.0 Å². The largest absolute Gasteiger partial charge is 0.357 e. The smallest absolute Gasteiger partial charge is 0.274 e. The minimum Gasteiger partial charge on any atom is -0.357 e. The number of aromatic nitrogens is 2. The van der Waals surface area contributed by atoms with Gasteiger partial charge in [0.1, 0.15) is 17.8 Å². The van der Waals surface area contributed by atoms with Crippen LogP contribution in [0.25, 0.3) is 0 Å². The highest BCUT2D eigenvalue weighted by Crippen LogP contribution is 2.14. The maximum Gasteiger partial charge on any atom is 0.274 e. The van der Waals surface area contributed by atoms with Crippen molar-refractivity contribution in [2.75, 3.05) is 23.3 Å². The van der Waals surface area contributed by atoms with Gasteiger partial charge in [0.05, 0.1) is 11.6 Å². The highest BCUT2D eigenvalue weighted by atomic mass is 16.1. The molecule has 0 spiro atoms. The van der Waals surface area contributed by atoms with Crippen LogP contribution < -0.4 is 10.2 Å². The van der Waals surface area contributed by atoms with Gasteiger partial charge in [-0.05, 0) is 37.1 Å². The molecule has 0 fully saturated rings. The summed E-state index contributed by atoms with van der Waals surface area (Å²) in [7, 11) is 0. The van der Waals surface area contributed by atoms with Gasteiger partial charge in [-0.1, -0.05) is 13.8 Å². The summed E-state index contributed by atoms with van der Waals surface area (Å²) >= 11 is 0. The van der Waals surface area contributed by atoms with E-state index in [1.165, 1.54) is 6.33 Å². The van der Waals surface area contributed by atoms with Crippen LogP contribution in [0, 0.1) is 11.3 Å². The zero-order chi connectivity index (χ0) is 17.4. The molecule has 6 heteroatoms. The first kappa shape index (κ1) is 17.4. The Morgan fingerprint density at radius 1 is 1.17 bits per heavy atom. The number of hydrogen-bond donors (Lipinski definition) is 1. The predicted octanol–water partition coefficient (Wildman–Crippen LogP) is 3.23. The lowest BCUT2D eigenvalue weighted by molar-refractivity contribution is 0.102. The summed E-state index contributed by atoms with van der Waals surface area (Å²) in [5.41, 5.74) is 1.49. The standard InChI is InChI=1S/C18H21N5O/c1-3-9-23(10-4-2)17-11-16(20-13-21-17)18(24)22-15-7-5-14(12-19)6-8-15/h5-8,11,13H,3-4,9-10H2,1-2H3,(H,22,24). The van der Waals surface area contributed by atoms with Crippen LogP contribution in [0.3, 0.4) is 0 Å². The summed E-state index contributed by atoms with van der Waals surface area (Å²) in [6.07, 6.45) is 3.44. The molecule has 0 aliphatic rings. The van der Waals surface area contributed by atoms with Crippen molar-refractivity contribution in [3.8, 4) is 6.07 Å². The van der Waals surface area contributed by atoms with Gasteiger partial charge in [-0.25, -0.2) is 9.97 Å². The van der Waals surface area contributed by atoms with E-state index in [1.807, 2.05) is 6.07 Å². The van der Waals surface area contributed by atoms with Crippen LogP contribution in [-0.2, 0) is 0 Å². The first-order valence-corrected chi connectivity index (χ1v) is 8.06. The monoisotopic (exact) mass is 323 g/mol. The summed E-state index contributed by atoms with van der Waals surface area (Å²) in [4.78, 5) is 22.9. The van der Waals surface area contributed by atoms with Crippen LogP contribution in [0.2, 0.25) is 0 Å². The number of amides is 1. The zero-order valence-electron chi connectivity index (χ0n) is 14.0. The summed E-state index contributed by atoms with van der Waals surface area (Å²) in [6, 6.07) is 10.5. The molecule has 0 unspecified atom stereocenters. The Hall–Kier alpha value is -2.94. The topological polar surface area (TPSA) is 81.9 Å². The van der Waals surface area contributed by atoms with E-state index < -0.39 is 0 Å². The fourth-order valence-corrected chi connectivity index (χ4v) is 2.35. The third-order valence-corrected chi connectivity index (χ3v) is 3.47. The number of nitrogens with zero attached hydrogens (tertiary/aromatic N) is 4. The molecule has 0 saturated carbocycles. The van der Waals surface area contributed by atoms with Gasteiger partial charge >= 0.3 is 0 Å². The first-order valence-electron chi connectivity index (χ1n) is 8.06. The van der Waals surface area contributed by atoms with Crippen molar-refractivity contribution in [1.82, 2.24) is 9.97 Å². The molecule has 24 heavy (non-hydrogen) atoms. The predicted molar refractivity (Wildman–Crippen MR) is 93.9 cm³/mol. The molecule has 0 bridgehead atoms. The lowest BCUT2D eigenvalue weighted by atomic mass is 10.2. The lowest BCUT2D eigenvalue weighted by Gasteiger charge is -2.22. The molecule has 2 aromatic rings. The van der Waals surface area contributed by atoms with Crippen LogP contribution in [-0.4, -0.2) is 29.0 Å². The van der Waals surface area contributed by atoms with Crippen molar-refractivity contribution < 1.29 is 4.79 Å². The second-order valence-electron chi connectivity index (χ2n) is 5.39. The number of benzene rings is 1.